The first-order valence-electron chi connectivity index (χ1n) is 6.86. The normalized spacial score (nSPS) is 38.7. The molecular formula is C13H24N2O2. The summed E-state index contributed by atoms with van der Waals surface area (Å²) in [4.78, 5) is 12.1. The van der Waals surface area contributed by atoms with Crippen LogP contribution in [-0.4, -0.2) is 36.2 Å². The van der Waals surface area contributed by atoms with Crippen LogP contribution in [0.15, 0.2) is 0 Å². The number of amides is 1. The van der Waals surface area contributed by atoms with Crippen molar-refractivity contribution in [2.75, 3.05) is 13.1 Å². The van der Waals surface area contributed by atoms with Crippen LogP contribution in [0.3, 0.4) is 0 Å². The Morgan fingerprint density at radius 3 is 2.76 bits per heavy atom. The lowest BCUT2D eigenvalue weighted by atomic mass is 9.89. The fourth-order valence-corrected chi connectivity index (χ4v) is 2.94. The number of hydrogen-bond acceptors (Lipinski definition) is 3. The van der Waals surface area contributed by atoms with Crippen LogP contribution in [-0.2, 0) is 4.79 Å². The Labute approximate surface area is 103 Å². The lowest BCUT2D eigenvalue weighted by Crippen LogP contribution is -2.50. The fourth-order valence-electron chi connectivity index (χ4n) is 2.94. The number of carbonyl (C=O) groups excluding carboxylic acids is 1. The van der Waals surface area contributed by atoms with E-state index in [0.29, 0.717) is 5.92 Å². The van der Waals surface area contributed by atoms with Crippen molar-refractivity contribution in [1.29, 1.82) is 0 Å². The molecule has 3 N–H and O–H groups in total. The number of hydrogen-bond donors (Lipinski definition) is 3. The van der Waals surface area contributed by atoms with Gasteiger partial charge in [-0.15, -0.1) is 0 Å². The van der Waals surface area contributed by atoms with Crippen LogP contribution in [0.1, 0.15) is 39.0 Å². The van der Waals surface area contributed by atoms with Crippen molar-refractivity contribution in [3.05, 3.63) is 0 Å². The van der Waals surface area contributed by atoms with E-state index in [4.69, 9.17) is 0 Å². The maximum atomic E-state index is 12.1. The Balaban J connectivity index is 1.83. The smallest absolute Gasteiger partial charge is 0.224 e. The average molecular weight is 240 g/mol. The van der Waals surface area contributed by atoms with Crippen molar-refractivity contribution in [3.63, 3.8) is 0 Å². The SMILES string of the molecule is CC1CNCC(C(=O)NC2CCCCC2O)C1. The second-order valence-corrected chi connectivity index (χ2v) is 5.66. The van der Waals surface area contributed by atoms with Crippen LogP contribution in [0.4, 0.5) is 0 Å². The van der Waals surface area contributed by atoms with Crippen LogP contribution in [0.25, 0.3) is 0 Å². The molecule has 0 radical (unpaired) electrons. The van der Waals surface area contributed by atoms with Gasteiger partial charge in [0.05, 0.1) is 18.1 Å². The summed E-state index contributed by atoms with van der Waals surface area (Å²) in [6.45, 7) is 3.96. The Morgan fingerprint density at radius 2 is 2.06 bits per heavy atom. The number of aliphatic hydroxyl groups excluding tert-OH is 1. The third-order valence-electron chi connectivity index (χ3n) is 4.00. The van der Waals surface area contributed by atoms with Crippen molar-refractivity contribution >= 4 is 5.91 Å². The van der Waals surface area contributed by atoms with E-state index >= 15 is 0 Å². The zero-order valence-electron chi connectivity index (χ0n) is 10.6. The highest BCUT2D eigenvalue weighted by molar-refractivity contribution is 5.79. The lowest BCUT2D eigenvalue weighted by molar-refractivity contribution is -0.127. The largest absolute Gasteiger partial charge is 0.391 e. The molecule has 2 aliphatic rings. The van der Waals surface area contributed by atoms with Gasteiger partial charge < -0.3 is 15.7 Å². The van der Waals surface area contributed by atoms with E-state index in [9.17, 15) is 9.90 Å². The van der Waals surface area contributed by atoms with Gasteiger partial charge in [0.2, 0.25) is 5.91 Å². The van der Waals surface area contributed by atoms with E-state index in [-0.39, 0.29) is 24.0 Å². The minimum atomic E-state index is -0.346. The molecule has 1 saturated carbocycles. The molecule has 4 nitrogen and oxygen atoms in total. The topological polar surface area (TPSA) is 61.4 Å². The summed E-state index contributed by atoms with van der Waals surface area (Å²) in [5.74, 6) is 0.763. The summed E-state index contributed by atoms with van der Waals surface area (Å²) < 4.78 is 0. The fraction of sp³-hybridized carbons (Fsp3) is 0.923. The first-order chi connectivity index (χ1) is 8.16. The Kier molecular flexibility index (Phi) is 4.40. The van der Waals surface area contributed by atoms with Crippen LogP contribution < -0.4 is 10.6 Å². The van der Waals surface area contributed by atoms with E-state index in [1.807, 2.05) is 0 Å². The van der Waals surface area contributed by atoms with E-state index in [0.717, 1.165) is 45.2 Å². The molecule has 0 bridgehead atoms. The summed E-state index contributed by atoms with van der Waals surface area (Å²) in [7, 11) is 0. The monoisotopic (exact) mass is 240 g/mol. The summed E-state index contributed by atoms with van der Waals surface area (Å²) in [6, 6.07) is -0.0199. The second kappa shape index (κ2) is 5.83. The van der Waals surface area contributed by atoms with Gasteiger partial charge in [0, 0.05) is 6.54 Å². The Bertz CT molecular complexity index is 270. The van der Waals surface area contributed by atoms with Gasteiger partial charge in [0.1, 0.15) is 0 Å². The predicted molar refractivity (Wildman–Crippen MR) is 66.5 cm³/mol. The molecule has 0 aromatic heterocycles. The highest BCUT2D eigenvalue weighted by atomic mass is 16.3. The third-order valence-corrected chi connectivity index (χ3v) is 4.00. The third kappa shape index (κ3) is 3.42. The average Bonchev–Trinajstić information content (AvgIpc) is 2.32. The first kappa shape index (κ1) is 12.8. The van der Waals surface area contributed by atoms with Crippen LogP contribution in [0.2, 0.25) is 0 Å². The van der Waals surface area contributed by atoms with Crippen LogP contribution >= 0.6 is 0 Å². The van der Waals surface area contributed by atoms with Crippen molar-refractivity contribution in [2.24, 2.45) is 11.8 Å². The van der Waals surface area contributed by atoms with Gasteiger partial charge in [-0.05, 0) is 31.7 Å². The van der Waals surface area contributed by atoms with Gasteiger partial charge in [-0.3, -0.25) is 4.79 Å². The maximum absolute atomic E-state index is 12.1. The molecule has 1 heterocycles. The van der Waals surface area contributed by atoms with Crippen LogP contribution in [0.5, 0.6) is 0 Å². The minimum absolute atomic E-state index is 0.0199. The highest BCUT2D eigenvalue weighted by Gasteiger charge is 2.29. The number of carbonyl (C=O) groups is 1. The molecule has 4 unspecified atom stereocenters. The number of nitrogens with one attached hydrogen (secondary N) is 2. The quantitative estimate of drug-likeness (QED) is 0.664. The van der Waals surface area contributed by atoms with Gasteiger partial charge in [0.15, 0.2) is 0 Å². The van der Waals surface area contributed by atoms with E-state index in [1.54, 1.807) is 0 Å². The van der Waals surface area contributed by atoms with Crippen LogP contribution in [0, 0.1) is 11.8 Å². The van der Waals surface area contributed by atoms with Crippen molar-refractivity contribution in [1.82, 2.24) is 10.6 Å². The van der Waals surface area contributed by atoms with E-state index in [2.05, 4.69) is 17.6 Å². The standard InChI is InChI=1S/C13H24N2O2/c1-9-6-10(8-14-7-9)13(17)15-11-4-2-3-5-12(11)16/h9-12,14,16H,2-8H2,1H3,(H,15,17). The van der Waals surface area contributed by atoms with Gasteiger partial charge in [-0.25, -0.2) is 0 Å². The number of rotatable bonds is 2. The van der Waals surface area contributed by atoms with Crippen molar-refractivity contribution < 1.29 is 9.90 Å². The minimum Gasteiger partial charge on any atom is -0.391 e. The number of aliphatic hydroxyl groups is 1. The summed E-state index contributed by atoms with van der Waals surface area (Å²) in [5, 5.41) is 16.2. The molecule has 1 aliphatic carbocycles. The Morgan fingerprint density at radius 1 is 1.29 bits per heavy atom. The molecule has 2 fully saturated rings. The molecule has 0 aromatic carbocycles. The molecule has 0 spiro atoms. The second-order valence-electron chi connectivity index (χ2n) is 5.66. The molecule has 4 atom stereocenters. The molecule has 1 amide bonds. The molecule has 2 rings (SSSR count). The zero-order valence-corrected chi connectivity index (χ0v) is 10.6. The van der Waals surface area contributed by atoms with E-state index < -0.39 is 0 Å². The lowest BCUT2D eigenvalue weighted by Gasteiger charge is -2.32. The Hall–Kier alpha value is -0.610. The van der Waals surface area contributed by atoms with Crippen molar-refractivity contribution in [3.8, 4) is 0 Å². The highest BCUT2D eigenvalue weighted by Crippen LogP contribution is 2.20. The molecule has 98 valence electrons. The van der Waals surface area contributed by atoms with Gasteiger partial charge in [-0.2, -0.15) is 0 Å². The van der Waals surface area contributed by atoms with E-state index in [1.165, 1.54) is 0 Å². The summed E-state index contributed by atoms with van der Waals surface area (Å²) in [5.41, 5.74) is 0. The molecule has 17 heavy (non-hydrogen) atoms. The molecule has 1 aliphatic heterocycles. The zero-order chi connectivity index (χ0) is 12.3. The summed E-state index contributed by atoms with van der Waals surface area (Å²) >= 11 is 0. The van der Waals surface area contributed by atoms with Gasteiger partial charge in [0.25, 0.3) is 0 Å². The maximum Gasteiger partial charge on any atom is 0.224 e. The summed E-state index contributed by atoms with van der Waals surface area (Å²) in [6.07, 6.45) is 4.55. The number of piperidine rings is 1. The molecule has 1 saturated heterocycles. The molecule has 4 heteroatoms. The first-order valence-corrected chi connectivity index (χ1v) is 6.86. The molecule has 0 aromatic rings. The van der Waals surface area contributed by atoms with Crippen molar-refractivity contribution in [2.45, 2.75) is 51.2 Å². The molecular weight excluding hydrogens is 216 g/mol. The van der Waals surface area contributed by atoms with Gasteiger partial charge >= 0.3 is 0 Å². The predicted octanol–water partition coefficient (Wildman–Crippen LogP) is 0.652. The van der Waals surface area contributed by atoms with Gasteiger partial charge in [-0.1, -0.05) is 19.8 Å².